The molecule has 20 heavy (non-hydrogen) atoms. The second-order valence-electron chi connectivity index (χ2n) is 4.62. The number of carbonyl (C=O) groups excluding carboxylic acids is 2. The van der Waals surface area contributed by atoms with E-state index in [-0.39, 0.29) is 12.2 Å². The lowest BCUT2D eigenvalue weighted by Crippen LogP contribution is -2.36. The van der Waals surface area contributed by atoms with Crippen molar-refractivity contribution in [3.63, 3.8) is 0 Å². The number of benzene rings is 1. The van der Waals surface area contributed by atoms with Gasteiger partial charge in [-0.2, -0.15) is 0 Å². The van der Waals surface area contributed by atoms with Crippen LogP contribution in [0.4, 0.5) is 0 Å². The summed E-state index contributed by atoms with van der Waals surface area (Å²) < 4.78 is 9.84. The number of hydrogen-bond donors (Lipinski definition) is 1. The third-order valence-electron chi connectivity index (χ3n) is 3.27. The van der Waals surface area contributed by atoms with E-state index >= 15 is 0 Å². The van der Waals surface area contributed by atoms with Gasteiger partial charge >= 0.3 is 5.97 Å². The molecule has 1 unspecified atom stereocenters. The molecule has 1 N–H and O–H groups in total. The number of carbonyl (C=O) groups is 2. The zero-order chi connectivity index (χ0) is 15.3. The lowest BCUT2D eigenvalue weighted by atomic mass is 9.95. The summed E-state index contributed by atoms with van der Waals surface area (Å²) in [6.07, 6.45) is 0.0103. The van der Waals surface area contributed by atoms with Gasteiger partial charge in [0.15, 0.2) is 5.78 Å². The molecule has 0 bridgehead atoms. The summed E-state index contributed by atoms with van der Waals surface area (Å²) >= 11 is 0. The van der Waals surface area contributed by atoms with Gasteiger partial charge in [0.1, 0.15) is 5.75 Å². The highest BCUT2D eigenvalue weighted by atomic mass is 16.5. The fourth-order valence-corrected chi connectivity index (χ4v) is 2.04. The average molecular weight is 279 g/mol. The van der Waals surface area contributed by atoms with Crippen LogP contribution in [0.2, 0.25) is 0 Å². The summed E-state index contributed by atoms with van der Waals surface area (Å²) in [7, 11) is 4.55. The number of rotatable bonds is 6. The first-order chi connectivity index (χ1) is 9.44. The number of esters is 1. The van der Waals surface area contributed by atoms with Gasteiger partial charge in [-0.3, -0.25) is 9.59 Å². The standard InChI is InChI=1S/C15H21NO4/c1-9-7-13(19-4)10(2)6-11(9)15(18)12(16-3)8-14(17)20-5/h6-7,12,16H,8H2,1-5H3. The number of aryl methyl sites for hydroxylation is 2. The second-order valence-corrected chi connectivity index (χ2v) is 4.62. The number of ketones is 1. The van der Waals surface area contributed by atoms with Gasteiger partial charge in [-0.1, -0.05) is 0 Å². The van der Waals surface area contributed by atoms with E-state index in [9.17, 15) is 9.59 Å². The fourth-order valence-electron chi connectivity index (χ4n) is 2.04. The Morgan fingerprint density at radius 1 is 1.20 bits per heavy atom. The summed E-state index contributed by atoms with van der Waals surface area (Å²) in [5.74, 6) is 0.203. The molecule has 5 nitrogen and oxygen atoms in total. The smallest absolute Gasteiger partial charge is 0.307 e. The quantitative estimate of drug-likeness (QED) is 0.633. The van der Waals surface area contributed by atoms with Gasteiger partial charge in [0, 0.05) is 5.56 Å². The molecule has 1 rings (SSSR count). The van der Waals surface area contributed by atoms with Crippen molar-refractivity contribution in [2.45, 2.75) is 26.3 Å². The first-order valence-corrected chi connectivity index (χ1v) is 6.38. The van der Waals surface area contributed by atoms with Crippen LogP contribution in [0.25, 0.3) is 0 Å². The van der Waals surface area contributed by atoms with E-state index in [0.29, 0.717) is 5.56 Å². The van der Waals surface area contributed by atoms with Crippen LogP contribution in [0.15, 0.2) is 12.1 Å². The summed E-state index contributed by atoms with van der Waals surface area (Å²) in [5, 5.41) is 2.86. The van der Waals surface area contributed by atoms with Crippen molar-refractivity contribution < 1.29 is 19.1 Å². The number of likely N-dealkylation sites (N-methyl/N-ethyl adjacent to an activating group) is 1. The topological polar surface area (TPSA) is 64.6 Å². The summed E-state index contributed by atoms with van der Waals surface area (Å²) in [5.41, 5.74) is 2.29. The lowest BCUT2D eigenvalue weighted by molar-refractivity contribution is -0.140. The van der Waals surface area contributed by atoms with Gasteiger partial charge in [-0.15, -0.1) is 0 Å². The molecule has 1 aromatic carbocycles. The Morgan fingerprint density at radius 3 is 2.35 bits per heavy atom. The molecular formula is C15H21NO4. The molecule has 110 valence electrons. The largest absolute Gasteiger partial charge is 0.496 e. The van der Waals surface area contributed by atoms with Crippen molar-refractivity contribution in [2.24, 2.45) is 0 Å². The minimum Gasteiger partial charge on any atom is -0.496 e. The Balaban J connectivity index is 3.06. The van der Waals surface area contributed by atoms with E-state index in [1.54, 1.807) is 20.2 Å². The van der Waals surface area contributed by atoms with Gasteiger partial charge in [0.25, 0.3) is 0 Å². The molecule has 5 heteroatoms. The minimum absolute atomic E-state index is 0.0103. The molecule has 0 heterocycles. The minimum atomic E-state index is -0.589. The summed E-state index contributed by atoms with van der Waals surface area (Å²) in [6.45, 7) is 3.73. The van der Waals surface area contributed by atoms with Gasteiger partial charge in [-0.25, -0.2) is 0 Å². The maximum absolute atomic E-state index is 12.5. The van der Waals surface area contributed by atoms with Crippen LogP contribution in [0.3, 0.4) is 0 Å². The number of methoxy groups -OCH3 is 2. The summed E-state index contributed by atoms with van der Waals surface area (Å²) in [4.78, 5) is 23.8. The molecule has 0 radical (unpaired) electrons. The van der Waals surface area contributed by atoms with Crippen LogP contribution in [0.5, 0.6) is 5.75 Å². The van der Waals surface area contributed by atoms with Crippen LogP contribution in [0, 0.1) is 13.8 Å². The predicted octanol–water partition coefficient (Wildman–Crippen LogP) is 1.65. The van der Waals surface area contributed by atoms with Crippen molar-refractivity contribution in [2.75, 3.05) is 21.3 Å². The Morgan fingerprint density at radius 2 is 1.85 bits per heavy atom. The van der Waals surface area contributed by atoms with Crippen LogP contribution >= 0.6 is 0 Å². The van der Waals surface area contributed by atoms with E-state index in [0.717, 1.165) is 16.9 Å². The highest BCUT2D eigenvalue weighted by Crippen LogP contribution is 2.23. The maximum atomic E-state index is 12.5. The second kappa shape index (κ2) is 7.05. The maximum Gasteiger partial charge on any atom is 0.307 e. The van der Waals surface area contributed by atoms with Crippen molar-refractivity contribution in [1.82, 2.24) is 5.32 Å². The Bertz CT molecular complexity index is 511. The van der Waals surface area contributed by atoms with Crippen LogP contribution in [0.1, 0.15) is 27.9 Å². The van der Waals surface area contributed by atoms with E-state index in [4.69, 9.17) is 4.74 Å². The highest BCUT2D eigenvalue weighted by Gasteiger charge is 2.23. The normalized spacial score (nSPS) is 11.8. The predicted molar refractivity (Wildman–Crippen MR) is 76.3 cm³/mol. The molecule has 0 saturated carbocycles. The van der Waals surface area contributed by atoms with Gasteiger partial charge < -0.3 is 14.8 Å². The third-order valence-corrected chi connectivity index (χ3v) is 3.27. The molecule has 0 aromatic heterocycles. The molecule has 1 aromatic rings. The molecule has 0 saturated heterocycles. The molecule has 0 aliphatic rings. The van der Waals surface area contributed by atoms with Gasteiger partial charge in [0.05, 0.1) is 26.7 Å². The third kappa shape index (κ3) is 3.57. The first kappa shape index (κ1) is 16.2. The number of ether oxygens (including phenoxy) is 2. The van der Waals surface area contributed by atoms with Crippen LogP contribution in [-0.4, -0.2) is 39.1 Å². The molecule has 0 fully saturated rings. The SMILES string of the molecule is CNC(CC(=O)OC)C(=O)c1cc(C)c(OC)cc1C. The summed E-state index contributed by atoms with van der Waals surface area (Å²) in [6, 6.07) is 3.03. The number of nitrogens with one attached hydrogen (secondary N) is 1. The van der Waals surface area contributed by atoms with E-state index in [1.165, 1.54) is 7.11 Å². The Labute approximate surface area is 119 Å². The van der Waals surface area contributed by atoms with Crippen molar-refractivity contribution in [3.05, 3.63) is 28.8 Å². The molecule has 1 atom stereocenters. The van der Waals surface area contributed by atoms with Crippen molar-refractivity contribution in [3.8, 4) is 5.75 Å². The average Bonchev–Trinajstić information content (AvgIpc) is 2.45. The zero-order valence-corrected chi connectivity index (χ0v) is 12.6. The molecule has 0 aliphatic heterocycles. The first-order valence-electron chi connectivity index (χ1n) is 6.38. The van der Waals surface area contributed by atoms with Crippen LogP contribution in [-0.2, 0) is 9.53 Å². The molecule has 0 amide bonds. The molecule has 0 aliphatic carbocycles. The Hall–Kier alpha value is -1.88. The van der Waals surface area contributed by atoms with Crippen LogP contribution < -0.4 is 10.1 Å². The van der Waals surface area contributed by atoms with Crippen molar-refractivity contribution >= 4 is 11.8 Å². The Kier molecular flexibility index (Phi) is 5.70. The van der Waals surface area contributed by atoms with Crippen molar-refractivity contribution in [1.29, 1.82) is 0 Å². The zero-order valence-electron chi connectivity index (χ0n) is 12.6. The van der Waals surface area contributed by atoms with E-state index in [2.05, 4.69) is 10.1 Å². The fraction of sp³-hybridized carbons (Fsp3) is 0.467. The number of Topliss-reactive ketones (excluding diaryl/α,β-unsaturated/α-hetero) is 1. The highest BCUT2D eigenvalue weighted by molar-refractivity contribution is 6.03. The monoisotopic (exact) mass is 279 g/mol. The van der Waals surface area contributed by atoms with Gasteiger partial charge in [0.2, 0.25) is 0 Å². The lowest BCUT2D eigenvalue weighted by Gasteiger charge is -2.16. The number of hydrogen-bond acceptors (Lipinski definition) is 5. The molecular weight excluding hydrogens is 258 g/mol. The van der Waals surface area contributed by atoms with E-state index < -0.39 is 12.0 Å². The molecule has 0 spiro atoms. The van der Waals surface area contributed by atoms with Gasteiger partial charge in [-0.05, 0) is 44.2 Å². The van der Waals surface area contributed by atoms with E-state index in [1.807, 2.05) is 19.9 Å².